The van der Waals surface area contributed by atoms with E-state index in [1.807, 2.05) is 47.0 Å². The number of pyridine rings is 1. The van der Waals surface area contributed by atoms with Crippen LogP contribution < -0.4 is 0 Å². The van der Waals surface area contributed by atoms with Gasteiger partial charge in [-0.1, -0.05) is 6.07 Å². The average Bonchev–Trinajstić information content (AvgIpc) is 3.08. The molecule has 0 aliphatic carbocycles. The normalized spacial score (nSPS) is 24.2. The first-order chi connectivity index (χ1) is 11.0. The first kappa shape index (κ1) is 15.9. The van der Waals surface area contributed by atoms with Crippen molar-refractivity contribution < 1.29 is 9.59 Å². The lowest BCUT2D eigenvalue weighted by Crippen LogP contribution is -2.40. The minimum Gasteiger partial charge on any atom is -0.340 e. The fraction of sp³-hybridized carbons (Fsp3) is 0.588. The molecule has 2 aliphatic rings. The Hall–Kier alpha value is -1.95. The molecule has 0 radical (unpaired) electrons. The largest absolute Gasteiger partial charge is 0.340 e. The van der Waals surface area contributed by atoms with Crippen LogP contribution in [-0.2, 0) is 16.1 Å². The number of likely N-dealkylation sites (N-methyl/N-ethyl adjacent to an activating group) is 1. The molecular formula is C17H24N4O2. The number of carbonyl (C=O) groups is 2. The maximum atomic E-state index is 12.9. The van der Waals surface area contributed by atoms with E-state index in [0.29, 0.717) is 26.2 Å². The second-order valence-corrected chi connectivity index (χ2v) is 6.88. The molecule has 0 N–H and O–H groups in total. The quantitative estimate of drug-likeness (QED) is 0.816. The van der Waals surface area contributed by atoms with Gasteiger partial charge in [0.25, 0.3) is 0 Å². The van der Waals surface area contributed by atoms with Crippen molar-refractivity contribution in [1.29, 1.82) is 0 Å². The van der Waals surface area contributed by atoms with Crippen molar-refractivity contribution in [3.05, 3.63) is 30.1 Å². The summed E-state index contributed by atoms with van der Waals surface area (Å²) in [6.07, 6.45) is 3.37. The zero-order valence-electron chi connectivity index (χ0n) is 13.9. The Balaban J connectivity index is 1.64. The molecule has 3 rings (SSSR count). The lowest BCUT2D eigenvalue weighted by atomic mass is 9.85. The van der Waals surface area contributed by atoms with E-state index in [4.69, 9.17) is 0 Å². The van der Waals surface area contributed by atoms with Crippen LogP contribution in [0.25, 0.3) is 0 Å². The van der Waals surface area contributed by atoms with Crippen LogP contribution in [0.5, 0.6) is 0 Å². The molecule has 3 heterocycles. The zero-order valence-corrected chi connectivity index (χ0v) is 13.9. The summed E-state index contributed by atoms with van der Waals surface area (Å²) >= 11 is 0. The SMILES string of the molecule is CN(C)CC(=O)N1CC[C@]2(CCN(Cc3ccccn3)C2=O)C1. The van der Waals surface area contributed by atoms with Gasteiger partial charge in [-0.25, -0.2) is 0 Å². The van der Waals surface area contributed by atoms with Crippen LogP contribution in [0.1, 0.15) is 18.5 Å². The van der Waals surface area contributed by atoms with Crippen molar-refractivity contribution in [3.8, 4) is 0 Å². The number of carbonyl (C=O) groups excluding carboxylic acids is 2. The first-order valence-electron chi connectivity index (χ1n) is 8.12. The zero-order chi connectivity index (χ0) is 16.4. The van der Waals surface area contributed by atoms with Crippen LogP contribution >= 0.6 is 0 Å². The summed E-state index contributed by atoms with van der Waals surface area (Å²) < 4.78 is 0. The molecule has 0 aromatic carbocycles. The second kappa shape index (κ2) is 6.28. The van der Waals surface area contributed by atoms with Gasteiger partial charge >= 0.3 is 0 Å². The topological polar surface area (TPSA) is 56.8 Å². The predicted octanol–water partition coefficient (Wildman–Crippen LogP) is 0.594. The predicted molar refractivity (Wildman–Crippen MR) is 86.5 cm³/mol. The second-order valence-electron chi connectivity index (χ2n) is 6.88. The van der Waals surface area contributed by atoms with Gasteiger partial charge in [-0.05, 0) is 39.1 Å². The van der Waals surface area contributed by atoms with Crippen molar-refractivity contribution in [2.24, 2.45) is 5.41 Å². The van der Waals surface area contributed by atoms with Gasteiger partial charge in [0.2, 0.25) is 11.8 Å². The molecule has 1 aromatic heterocycles. The smallest absolute Gasteiger partial charge is 0.236 e. The fourth-order valence-electron chi connectivity index (χ4n) is 3.57. The van der Waals surface area contributed by atoms with Crippen molar-refractivity contribution in [1.82, 2.24) is 19.7 Å². The number of aromatic nitrogens is 1. The van der Waals surface area contributed by atoms with Crippen molar-refractivity contribution >= 4 is 11.8 Å². The molecule has 124 valence electrons. The molecule has 2 fully saturated rings. The van der Waals surface area contributed by atoms with Gasteiger partial charge in [0.1, 0.15) is 0 Å². The van der Waals surface area contributed by atoms with Gasteiger partial charge in [0.15, 0.2) is 0 Å². The van der Waals surface area contributed by atoms with E-state index < -0.39 is 0 Å². The lowest BCUT2D eigenvalue weighted by Gasteiger charge is -2.24. The third kappa shape index (κ3) is 3.22. The summed E-state index contributed by atoms with van der Waals surface area (Å²) in [5.74, 6) is 0.297. The van der Waals surface area contributed by atoms with Crippen LogP contribution in [-0.4, -0.2) is 71.8 Å². The van der Waals surface area contributed by atoms with Crippen molar-refractivity contribution in [2.45, 2.75) is 19.4 Å². The van der Waals surface area contributed by atoms with E-state index in [2.05, 4.69) is 4.98 Å². The summed E-state index contributed by atoms with van der Waals surface area (Å²) in [5, 5.41) is 0. The first-order valence-corrected chi connectivity index (χ1v) is 8.12. The highest BCUT2D eigenvalue weighted by Crippen LogP contribution is 2.41. The molecule has 2 aliphatic heterocycles. The minimum absolute atomic E-state index is 0.114. The lowest BCUT2D eigenvalue weighted by molar-refractivity contribution is -0.137. The van der Waals surface area contributed by atoms with Crippen LogP contribution in [0.2, 0.25) is 0 Å². The fourth-order valence-corrected chi connectivity index (χ4v) is 3.57. The number of rotatable bonds is 4. The summed E-state index contributed by atoms with van der Waals surface area (Å²) in [5.41, 5.74) is 0.549. The third-order valence-corrected chi connectivity index (χ3v) is 4.84. The number of likely N-dealkylation sites (tertiary alicyclic amines) is 2. The van der Waals surface area contributed by atoms with Crippen molar-refractivity contribution in [3.63, 3.8) is 0 Å². The van der Waals surface area contributed by atoms with Crippen molar-refractivity contribution in [2.75, 3.05) is 40.3 Å². The molecule has 2 saturated heterocycles. The Labute approximate surface area is 137 Å². The van der Waals surface area contributed by atoms with E-state index in [0.717, 1.165) is 25.1 Å². The standard InChI is InChI=1S/C17H24N4O2/c1-19(2)12-15(22)21-10-7-17(13-21)6-9-20(16(17)23)11-14-5-3-4-8-18-14/h3-5,8H,6-7,9-13H2,1-2H3/t17-/m1/s1. The number of amides is 2. The molecular weight excluding hydrogens is 292 g/mol. The average molecular weight is 316 g/mol. The van der Waals surface area contributed by atoms with E-state index in [1.165, 1.54) is 0 Å². The van der Waals surface area contributed by atoms with E-state index >= 15 is 0 Å². The molecule has 0 saturated carbocycles. The summed E-state index contributed by atoms with van der Waals surface area (Å²) in [6, 6.07) is 5.76. The van der Waals surface area contributed by atoms with Crippen LogP contribution in [0.4, 0.5) is 0 Å². The third-order valence-electron chi connectivity index (χ3n) is 4.84. The Bertz CT molecular complexity index is 590. The number of hydrogen-bond donors (Lipinski definition) is 0. The van der Waals surface area contributed by atoms with Gasteiger partial charge in [-0.15, -0.1) is 0 Å². The number of hydrogen-bond acceptors (Lipinski definition) is 4. The molecule has 6 nitrogen and oxygen atoms in total. The molecule has 0 bridgehead atoms. The van der Waals surface area contributed by atoms with Gasteiger partial charge in [-0.3, -0.25) is 14.6 Å². The summed E-state index contributed by atoms with van der Waals surface area (Å²) in [4.78, 5) is 35.0. The Morgan fingerprint density at radius 1 is 1.30 bits per heavy atom. The van der Waals surface area contributed by atoms with Gasteiger partial charge in [0.05, 0.1) is 24.2 Å². The van der Waals surface area contributed by atoms with Crippen LogP contribution in [0.3, 0.4) is 0 Å². The Morgan fingerprint density at radius 2 is 2.09 bits per heavy atom. The molecule has 2 amide bonds. The highest BCUT2D eigenvalue weighted by atomic mass is 16.2. The molecule has 0 unspecified atom stereocenters. The summed E-state index contributed by atoms with van der Waals surface area (Å²) in [7, 11) is 3.78. The van der Waals surface area contributed by atoms with Gasteiger partial charge in [-0.2, -0.15) is 0 Å². The Kier molecular flexibility index (Phi) is 4.35. The molecule has 1 atom stereocenters. The highest BCUT2D eigenvalue weighted by Gasteiger charge is 2.51. The maximum Gasteiger partial charge on any atom is 0.236 e. The van der Waals surface area contributed by atoms with Crippen LogP contribution in [0, 0.1) is 5.41 Å². The molecule has 1 spiro atoms. The van der Waals surface area contributed by atoms with E-state index in [9.17, 15) is 9.59 Å². The summed E-state index contributed by atoms with van der Waals surface area (Å²) in [6.45, 7) is 2.98. The van der Waals surface area contributed by atoms with Gasteiger partial charge < -0.3 is 14.7 Å². The monoisotopic (exact) mass is 316 g/mol. The highest BCUT2D eigenvalue weighted by molar-refractivity contribution is 5.87. The maximum absolute atomic E-state index is 12.9. The molecule has 1 aromatic rings. The molecule has 23 heavy (non-hydrogen) atoms. The van der Waals surface area contributed by atoms with E-state index in [-0.39, 0.29) is 17.2 Å². The molecule has 6 heteroatoms. The van der Waals surface area contributed by atoms with Crippen LogP contribution in [0.15, 0.2) is 24.4 Å². The van der Waals surface area contributed by atoms with Gasteiger partial charge in [0, 0.05) is 25.8 Å². The Morgan fingerprint density at radius 3 is 2.78 bits per heavy atom. The minimum atomic E-state index is -0.364. The number of nitrogens with zero attached hydrogens (tertiary/aromatic N) is 4. The van der Waals surface area contributed by atoms with E-state index in [1.54, 1.807) is 6.20 Å².